The van der Waals surface area contributed by atoms with Gasteiger partial charge in [-0.15, -0.1) is 0 Å². The number of rotatable bonds is 53. The van der Waals surface area contributed by atoms with Crippen molar-refractivity contribution in [3.8, 4) is 0 Å². The van der Waals surface area contributed by atoms with Gasteiger partial charge in [0, 0.05) is 6.42 Å². The number of carbonyl (C=O) groups is 1. The Hall–Kier alpha value is -2.83. The van der Waals surface area contributed by atoms with Crippen LogP contribution < -0.4 is 5.32 Å². The number of amides is 1. The Kier molecular flexibility index (Phi) is 49.1. The average molecular weight is 1170 g/mol. The van der Waals surface area contributed by atoms with Crippen molar-refractivity contribution in [3.63, 3.8) is 0 Å². The van der Waals surface area contributed by atoms with E-state index in [-0.39, 0.29) is 18.9 Å². The predicted molar refractivity (Wildman–Crippen MR) is 336 cm³/mol. The number of allylic oxidation sites excluding steroid dienone is 13. The van der Waals surface area contributed by atoms with Gasteiger partial charge < -0.3 is 65.1 Å². The number of unbranched alkanes of at least 4 members (excludes halogenated alkanes) is 28. The first-order valence-corrected chi connectivity index (χ1v) is 33.3. The van der Waals surface area contributed by atoms with E-state index < -0.39 is 86.8 Å². The highest BCUT2D eigenvalue weighted by Crippen LogP contribution is 2.30. The van der Waals surface area contributed by atoms with E-state index in [9.17, 15) is 45.6 Å². The van der Waals surface area contributed by atoms with Crippen molar-refractivity contribution in [2.45, 2.75) is 325 Å². The van der Waals surface area contributed by atoms with E-state index >= 15 is 0 Å². The average Bonchev–Trinajstić information content (AvgIpc) is 3.64. The molecule has 2 aliphatic heterocycles. The van der Waals surface area contributed by atoms with E-state index in [1.54, 1.807) is 6.08 Å². The summed E-state index contributed by atoms with van der Waals surface area (Å²) in [7, 11) is 0. The van der Waals surface area contributed by atoms with Crippen molar-refractivity contribution in [1.29, 1.82) is 0 Å². The summed E-state index contributed by atoms with van der Waals surface area (Å²) in [5.41, 5.74) is 0. The first-order chi connectivity index (χ1) is 40.6. The van der Waals surface area contributed by atoms with Crippen LogP contribution >= 0.6 is 0 Å². The Morgan fingerprint density at radius 3 is 1.25 bits per heavy atom. The number of carbonyl (C=O) groups excluding carboxylic acids is 1. The van der Waals surface area contributed by atoms with Crippen molar-refractivity contribution >= 4 is 5.91 Å². The molecule has 0 radical (unpaired) electrons. The van der Waals surface area contributed by atoms with Gasteiger partial charge in [0.2, 0.25) is 5.91 Å². The Bertz CT molecular complexity index is 1710. The molecule has 9 N–H and O–H groups in total. The molecule has 0 aromatic carbocycles. The molecule has 0 aromatic heterocycles. The molecule has 0 bridgehead atoms. The summed E-state index contributed by atoms with van der Waals surface area (Å²) in [6, 6.07) is -0.962. The monoisotopic (exact) mass is 1170 g/mol. The number of nitrogens with one attached hydrogen (secondary N) is 1. The number of aliphatic hydroxyl groups excluding tert-OH is 8. The van der Waals surface area contributed by atoms with Gasteiger partial charge in [0.1, 0.15) is 48.8 Å². The molecule has 0 saturated carbocycles. The van der Waals surface area contributed by atoms with E-state index in [1.165, 1.54) is 161 Å². The van der Waals surface area contributed by atoms with Crippen LogP contribution in [0, 0.1) is 0 Å². The molecule has 2 fully saturated rings. The first kappa shape index (κ1) is 76.3. The van der Waals surface area contributed by atoms with Crippen molar-refractivity contribution < 1.29 is 64.6 Å². The molecule has 14 heteroatoms. The molecule has 83 heavy (non-hydrogen) atoms. The van der Waals surface area contributed by atoms with Gasteiger partial charge in [0.15, 0.2) is 12.6 Å². The second-order valence-corrected chi connectivity index (χ2v) is 23.2. The van der Waals surface area contributed by atoms with E-state index in [0.717, 1.165) is 64.2 Å². The molecule has 2 aliphatic rings. The van der Waals surface area contributed by atoms with Crippen molar-refractivity contribution in [2.75, 3.05) is 19.8 Å². The lowest BCUT2D eigenvalue weighted by atomic mass is 9.97. The maximum Gasteiger partial charge on any atom is 0.220 e. The fourth-order valence-corrected chi connectivity index (χ4v) is 10.6. The van der Waals surface area contributed by atoms with Gasteiger partial charge in [0.05, 0.1) is 32.0 Å². The van der Waals surface area contributed by atoms with Gasteiger partial charge in [-0.3, -0.25) is 4.79 Å². The number of aliphatic hydroxyl groups is 8. The third-order valence-electron chi connectivity index (χ3n) is 15.9. The van der Waals surface area contributed by atoms with Gasteiger partial charge in [-0.1, -0.05) is 272 Å². The van der Waals surface area contributed by atoms with Crippen LogP contribution in [0.1, 0.15) is 251 Å². The number of hydrogen-bond acceptors (Lipinski definition) is 13. The van der Waals surface area contributed by atoms with Crippen molar-refractivity contribution in [3.05, 3.63) is 85.1 Å². The van der Waals surface area contributed by atoms with Crippen LogP contribution in [-0.2, 0) is 23.7 Å². The van der Waals surface area contributed by atoms with Crippen LogP contribution in [0.25, 0.3) is 0 Å². The molecule has 14 nitrogen and oxygen atoms in total. The van der Waals surface area contributed by atoms with Crippen LogP contribution in [-0.4, -0.2) is 140 Å². The summed E-state index contributed by atoms with van der Waals surface area (Å²) < 4.78 is 22.8. The molecule has 12 atom stereocenters. The summed E-state index contributed by atoms with van der Waals surface area (Å²) >= 11 is 0. The Labute approximate surface area is 503 Å². The van der Waals surface area contributed by atoms with Gasteiger partial charge in [-0.25, -0.2) is 0 Å². The lowest BCUT2D eigenvalue weighted by Crippen LogP contribution is -2.65. The van der Waals surface area contributed by atoms with Crippen LogP contribution in [0.3, 0.4) is 0 Å². The van der Waals surface area contributed by atoms with E-state index in [0.29, 0.717) is 6.42 Å². The summed E-state index contributed by atoms with van der Waals surface area (Å²) in [6.45, 7) is 2.65. The summed E-state index contributed by atoms with van der Waals surface area (Å²) in [6.07, 6.45) is 56.6. The van der Waals surface area contributed by atoms with Crippen molar-refractivity contribution in [1.82, 2.24) is 5.32 Å². The topological polar surface area (TPSA) is 228 Å². The molecular weight excluding hydrogens is 1050 g/mol. The predicted octanol–water partition coefficient (Wildman–Crippen LogP) is 12.8. The van der Waals surface area contributed by atoms with Gasteiger partial charge in [-0.2, -0.15) is 0 Å². The molecule has 2 heterocycles. The molecule has 12 unspecified atom stereocenters. The first-order valence-electron chi connectivity index (χ1n) is 33.3. The SMILES string of the molecule is CC/C=C\C/C=C\C/C=C\C/C=C\C/C=C\C/C=C\CCC(=O)NC(COC1OC(CO)C(OC2OC(CO)C(O)C(O)C2O)C(O)C1O)C(O)/C=C/CCCCCCCCCCCCCCCCCCCCCCCCCCCCCC. The molecule has 2 rings (SSSR count). The molecule has 0 aliphatic carbocycles. The molecule has 480 valence electrons. The largest absolute Gasteiger partial charge is 0.394 e. The lowest BCUT2D eigenvalue weighted by molar-refractivity contribution is -0.359. The second-order valence-electron chi connectivity index (χ2n) is 23.2. The molecule has 2 saturated heterocycles. The highest BCUT2D eigenvalue weighted by Gasteiger charge is 2.51. The Morgan fingerprint density at radius 1 is 0.446 bits per heavy atom. The third kappa shape index (κ3) is 38.1. The van der Waals surface area contributed by atoms with Gasteiger partial charge >= 0.3 is 0 Å². The minimum atomic E-state index is -1.80. The van der Waals surface area contributed by atoms with Crippen LogP contribution in [0.15, 0.2) is 85.1 Å². The summed E-state index contributed by atoms with van der Waals surface area (Å²) in [5, 5.41) is 87.2. The van der Waals surface area contributed by atoms with Crippen molar-refractivity contribution in [2.24, 2.45) is 0 Å². The smallest absolute Gasteiger partial charge is 0.220 e. The van der Waals surface area contributed by atoms with Gasteiger partial charge in [0.25, 0.3) is 0 Å². The van der Waals surface area contributed by atoms with Crippen LogP contribution in [0.4, 0.5) is 0 Å². The van der Waals surface area contributed by atoms with Crippen LogP contribution in [0.2, 0.25) is 0 Å². The van der Waals surface area contributed by atoms with E-state index in [1.807, 2.05) is 18.2 Å². The fourth-order valence-electron chi connectivity index (χ4n) is 10.6. The zero-order valence-corrected chi connectivity index (χ0v) is 51.9. The summed E-state index contributed by atoms with van der Waals surface area (Å²) in [5.74, 6) is -0.322. The third-order valence-corrected chi connectivity index (χ3v) is 15.9. The molecule has 0 spiro atoms. The maximum atomic E-state index is 13.2. The van der Waals surface area contributed by atoms with E-state index in [4.69, 9.17) is 18.9 Å². The fraction of sp³-hybridized carbons (Fsp3) is 0.783. The standard InChI is InChI=1S/C69H121NO13/c1-3-5-7-9-11-13-15-17-19-21-23-24-25-26-27-28-29-30-31-32-33-35-36-38-40-42-44-46-48-50-52-58(73)57(70-61(74)53-51-49-47-45-43-41-39-37-34-22-20-18-16-14-12-10-8-6-4-2)56-80-68-66(79)64(77)67(60(55-72)82-68)83-69-65(78)63(76)62(75)59(54-71)81-69/h6,8,12,14,18,20,34,37,41,43,47,49-50,52,57-60,62-69,71-73,75-79H,3-5,7,9-11,13,15-17,19,21-33,35-36,38-40,42,44-46,48,51,53-56H2,1-2H3,(H,70,74)/b8-6-,14-12-,20-18-,37-34-,43-41-,49-47-,52-50+. The quantitative estimate of drug-likeness (QED) is 0.0204. The highest BCUT2D eigenvalue weighted by molar-refractivity contribution is 5.76. The summed E-state index contributed by atoms with van der Waals surface area (Å²) in [4.78, 5) is 13.2. The number of hydrogen-bond donors (Lipinski definition) is 9. The zero-order chi connectivity index (χ0) is 60.2. The number of ether oxygens (including phenoxy) is 4. The lowest BCUT2D eigenvalue weighted by Gasteiger charge is -2.46. The van der Waals surface area contributed by atoms with Crippen LogP contribution in [0.5, 0.6) is 0 Å². The maximum absolute atomic E-state index is 13.2. The highest BCUT2D eigenvalue weighted by atomic mass is 16.7. The van der Waals surface area contributed by atoms with E-state index in [2.05, 4.69) is 79.9 Å². The zero-order valence-electron chi connectivity index (χ0n) is 51.9. The minimum Gasteiger partial charge on any atom is -0.394 e. The molecule has 0 aromatic rings. The Balaban J connectivity index is 1.72. The van der Waals surface area contributed by atoms with Gasteiger partial charge in [-0.05, 0) is 57.8 Å². The molecule has 1 amide bonds. The second kappa shape index (κ2) is 53.4. The normalized spacial score (nSPS) is 24.4. The molecular formula is C69H121NO13. The Morgan fingerprint density at radius 2 is 0.831 bits per heavy atom. The minimum absolute atomic E-state index is 0.152.